The number of rotatable bonds is 2. The molecule has 0 aromatic heterocycles. The third kappa shape index (κ3) is 2.07. The second-order valence-corrected chi connectivity index (χ2v) is 5.24. The molecule has 0 aliphatic carbocycles. The largest absolute Gasteiger partial charge is 0.384 e. The number of nitrogen functional groups attached to an aromatic ring is 1. The standard InChI is InChI=1S/C12H16BrN3/c1-8-5-6-16(7-8)10-4-2-3-9(13)11(10)12(14)15/h2-4,8H,5-7H2,1H3,(H3,14,15). The van der Waals surface area contributed by atoms with Crippen molar-refractivity contribution >= 4 is 27.5 Å². The maximum Gasteiger partial charge on any atom is 0.126 e. The summed E-state index contributed by atoms with van der Waals surface area (Å²) in [6, 6.07) is 5.97. The summed E-state index contributed by atoms with van der Waals surface area (Å²) in [7, 11) is 0. The van der Waals surface area contributed by atoms with Crippen molar-refractivity contribution in [3.63, 3.8) is 0 Å². The van der Waals surface area contributed by atoms with Crippen molar-refractivity contribution in [3.05, 3.63) is 28.2 Å². The molecule has 86 valence electrons. The summed E-state index contributed by atoms with van der Waals surface area (Å²) in [6.45, 7) is 4.36. The SMILES string of the molecule is CC1CCN(c2cccc(Br)c2C(=N)N)C1. The maximum absolute atomic E-state index is 7.65. The van der Waals surface area contributed by atoms with Gasteiger partial charge in [-0.15, -0.1) is 0 Å². The summed E-state index contributed by atoms with van der Waals surface area (Å²) in [6.07, 6.45) is 1.21. The number of anilines is 1. The molecule has 16 heavy (non-hydrogen) atoms. The van der Waals surface area contributed by atoms with Gasteiger partial charge in [-0.05, 0) is 40.4 Å². The molecule has 3 nitrogen and oxygen atoms in total. The van der Waals surface area contributed by atoms with Crippen LogP contribution in [0.25, 0.3) is 0 Å². The van der Waals surface area contributed by atoms with Crippen LogP contribution in [-0.2, 0) is 0 Å². The van der Waals surface area contributed by atoms with Gasteiger partial charge in [0.25, 0.3) is 0 Å². The van der Waals surface area contributed by atoms with Gasteiger partial charge in [0.05, 0.1) is 5.56 Å². The zero-order valence-electron chi connectivity index (χ0n) is 9.33. The van der Waals surface area contributed by atoms with E-state index < -0.39 is 0 Å². The predicted octanol–water partition coefficient (Wildman–Crippen LogP) is 2.58. The number of benzene rings is 1. The van der Waals surface area contributed by atoms with E-state index in [1.807, 2.05) is 18.2 Å². The molecule has 0 saturated carbocycles. The lowest BCUT2D eigenvalue weighted by Gasteiger charge is -2.22. The third-order valence-corrected chi connectivity index (χ3v) is 3.69. The highest BCUT2D eigenvalue weighted by Crippen LogP contribution is 2.31. The van der Waals surface area contributed by atoms with Crippen LogP contribution in [0.3, 0.4) is 0 Å². The first-order valence-corrected chi connectivity index (χ1v) is 6.26. The third-order valence-electron chi connectivity index (χ3n) is 3.03. The van der Waals surface area contributed by atoms with E-state index in [9.17, 15) is 0 Å². The van der Waals surface area contributed by atoms with Crippen molar-refractivity contribution in [1.82, 2.24) is 0 Å². The van der Waals surface area contributed by atoms with Crippen molar-refractivity contribution in [2.45, 2.75) is 13.3 Å². The maximum atomic E-state index is 7.65. The summed E-state index contributed by atoms with van der Waals surface area (Å²) >= 11 is 3.46. The molecule has 1 aliphatic heterocycles. The minimum atomic E-state index is 0.127. The Morgan fingerprint density at radius 2 is 2.31 bits per heavy atom. The summed E-state index contributed by atoms with van der Waals surface area (Å²) in [4.78, 5) is 2.31. The van der Waals surface area contributed by atoms with Gasteiger partial charge in [-0.1, -0.05) is 13.0 Å². The molecule has 1 fully saturated rings. The minimum absolute atomic E-state index is 0.127. The first-order valence-electron chi connectivity index (χ1n) is 5.47. The van der Waals surface area contributed by atoms with Crippen molar-refractivity contribution < 1.29 is 0 Å². The molecule has 0 bridgehead atoms. The molecule has 0 amide bonds. The van der Waals surface area contributed by atoms with E-state index in [1.165, 1.54) is 6.42 Å². The number of hydrogen-bond acceptors (Lipinski definition) is 2. The summed E-state index contributed by atoms with van der Waals surface area (Å²) in [5, 5.41) is 7.65. The Balaban J connectivity index is 2.40. The smallest absolute Gasteiger partial charge is 0.126 e. The molecule has 1 atom stereocenters. The molecule has 1 heterocycles. The van der Waals surface area contributed by atoms with Gasteiger partial charge in [0.2, 0.25) is 0 Å². The Labute approximate surface area is 104 Å². The van der Waals surface area contributed by atoms with E-state index >= 15 is 0 Å². The van der Waals surface area contributed by atoms with E-state index in [2.05, 4.69) is 27.8 Å². The van der Waals surface area contributed by atoms with E-state index in [-0.39, 0.29) is 5.84 Å². The monoisotopic (exact) mass is 281 g/mol. The van der Waals surface area contributed by atoms with Gasteiger partial charge in [-0.25, -0.2) is 0 Å². The van der Waals surface area contributed by atoms with Crippen molar-refractivity contribution in [2.24, 2.45) is 11.7 Å². The molecular formula is C12H16BrN3. The average molecular weight is 282 g/mol. The molecule has 1 saturated heterocycles. The number of nitrogens with zero attached hydrogens (tertiary/aromatic N) is 1. The van der Waals surface area contributed by atoms with Crippen LogP contribution in [0.15, 0.2) is 22.7 Å². The van der Waals surface area contributed by atoms with Gasteiger partial charge in [0.1, 0.15) is 5.84 Å². The van der Waals surface area contributed by atoms with E-state index in [0.29, 0.717) is 0 Å². The van der Waals surface area contributed by atoms with Crippen molar-refractivity contribution in [1.29, 1.82) is 5.41 Å². The summed E-state index contributed by atoms with van der Waals surface area (Å²) < 4.78 is 0.900. The summed E-state index contributed by atoms with van der Waals surface area (Å²) in [5.41, 5.74) is 7.54. The molecule has 1 aromatic carbocycles. The highest BCUT2D eigenvalue weighted by Gasteiger charge is 2.22. The van der Waals surface area contributed by atoms with Crippen molar-refractivity contribution in [2.75, 3.05) is 18.0 Å². The second-order valence-electron chi connectivity index (χ2n) is 4.39. The predicted molar refractivity (Wildman–Crippen MR) is 71.2 cm³/mol. The highest BCUT2D eigenvalue weighted by atomic mass is 79.9. The number of amidine groups is 1. The zero-order valence-corrected chi connectivity index (χ0v) is 10.9. The van der Waals surface area contributed by atoms with Gasteiger partial charge >= 0.3 is 0 Å². The Morgan fingerprint density at radius 3 is 2.88 bits per heavy atom. The lowest BCUT2D eigenvalue weighted by molar-refractivity contribution is 0.659. The van der Waals surface area contributed by atoms with Crippen LogP contribution < -0.4 is 10.6 Å². The molecule has 0 radical (unpaired) electrons. The summed E-state index contributed by atoms with van der Waals surface area (Å²) in [5.74, 6) is 0.848. The van der Waals surface area contributed by atoms with E-state index in [1.54, 1.807) is 0 Å². The van der Waals surface area contributed by atoms with Gasteiger partial charge in [0, 0.05) is 23.2 Å². The van der Waals surface area contributed by atoms with Crippen LogP contribution >= 0.6 is 15.9 Å². The van der Waals surface area contributed by atoms with Crippen LogP contribution in [0.4, 0.5) is 5.69 Å². The van der Waals surface area contributed by atoms with E-state index in [4.69, 9.17) is 11.1 Å². The van der Waals surface area contributed by atoms with Crippen molar-refractivity contribution in [3.8, 4) is 0 Å². The van der Waals surface area contributed by atoms with Gasteiger partial charge < -0.3 is 10.6 Å². The Morgan fingerprint density at radius 1 is 1.56 bits per heavy atom. The Kier molecular flexibility index (Phi) is 3.19. The number of halogens is 1. The normalized spacial score (nSPS) is 20.1. The lowest BCUT2D eigenvalue weighted by Crippen LogP contribution is -2.24. The quantitative estimate of drug-likeness (QED) is 0.647. The molecular weight excluding hydrogens is 266 g/mol. The van der Waals surface area contributed by atoms with Gasteiger partial charge in [-0.3, -0.25) is 5.41 Å². The molecule has 4 heteroatoms. The van der Waals surface area contributed by atoms with Crippen LogP contribution in [0, 0.1) is 11.3 Å². The average Bonchev–Trinajstić information content (AvgIpc) is 2.63. The fraction of sp³-hybridized carbons (Fsp3) is 0.417. The fourth-order valence-electron chi connectivity index (χ4n) is 2.20. The highest BCUT2D eigenvalue weighted by molar-refractivity contribution is 9.10. The minimum Gasteiger partial charge on any atom is -0.384 e. The zero-order chi connectivity index (χ0) is 11.7. The first kappa shape index (κ1) is 11.5. The molecule has 1 unspecified atom stereocenters. The fourth-order valence-corrected chi connectivity index (χ4v) is 2.77. The topological polar surface area (TPSA) is 53.1 Å². The Bertz CT molecular complexity index is 417. The van der Waals surface area contributed by atoms with Crippen LogP contribution in [0.1, 0.15) is 18.9 Å². The van der Waals surface area contributed by atoms with E-state index in [0.717, 1.165) is 34.7 Å². The molecule has 0 spiro atoms. The Hall–Kier alpha value is -1.03. The lowest BCUT2D eigenvalue weighted by atomic mass is 10.1. The molecule has 2 rings (SSSR count). The molecule has 3 N–H and O–H groups in total. The molecule has 1 aromatic rings. The molecule has 1 aliphatic rings. The van der Waals surface area contributed by atoms with Crippen LogP contribution in [0.5, 0.6) is 0 Å². The van der Waals surface area contributed by atoms with Gasteiger partial charge in [-0.2, -0.15) is 0 Å². The van der Waals surface area contributed by atoms with Crippen LogP contribution in [-0.4, -0.2) is 18.9 Å². The van der Waals surface area contributed by atoms with Gasteiger partial charge in [0.15, 0.2) is 0 Å². The number of nitrogens with two attached hydrogens (primary N) is 1. The number of hydrogen-bond donors (Lipinski definition) is 2. The first-order chi connectivity index (χ1) is 7.59. The number of nitrogens with one attached hydrogen (secondary N) is 1. The van der Waals surface area contributed by atoms with Crippen LogP contribution in [0.2, 0.25) is 0 Å². The second kappa shape index (κ2) is 4.45.